The number of thioether (sulfide) groups is 1. The van der Waals surface area contributed by atoms with Crippen LogP contribution in [0.25, 0.3) is 0 Å². The Morgan fingerprint density at radius 1 is 1.03 bits per heavy atom. The van der Waals surface area contributed by atoms with Crippen molar-refractivity contribution in [1.82, 2.24) is 0 Å². The Kier molecular flexibility index (Phi) is 5.84. The van der Waals surface area contributed by atoms with E-state index in [0.29, 0.717) is 22.0 Å². The Hall–Kier alpha value is -2.76. The van der Waals surface area contributed by atoms with Gasteiger partial charge >= 0.3 is 0 Å². The second-order valence-electron chi connectivity index (χ2n) is 7.20. The molecule has 0 unspecified atom stereocenters. The molecule has 6 heteroatoms. The molecular formula is C24H21ClN2O2S. The van der Waals surface area contributed by atoms with E-state index >= 15 is 0 Å². The van der Waals surface area contributed by atoms with Crippen molar-refractivity contribution in [2.24, 2.45) is 0 Å². The highest BCUT2D eigenvalue weighted by atomic mass is 35.5. The first-order valence-corrected chi connectivity index (χ1v) is 11.0. The fourth-order valence-corrected chi connectivity index (χ4v) is 4.89. The Bertz CT molecular complexity index is 1110. The SMILES string of the molecule is Cc1cccc(N2C(=O)CS[C@@H]2c2ccc(NC(=O)c3ccccc3Cl)cc2)c1C. The predicted molar refractivity (Wildman–Crippen MR) is 124 cm³/mol. The predicted octanol–water partition coefficient (Wildman–Crippen LogP) is 5.99. The summed E-state index contributed by atoms with van der Waals surface area (Å²) in [5.41, 5.74) is 5.35. The summed E-state index contributed by atoms with van der Waals surface area (Å²) in [5, 5.41) is 3.20. The number of nitrogens with zero attached hydrogens (tertiary/aromatic N) is 1. The Morgan fingerprint density at radius 2 is 1.77 bits per heavy atom. The summed E-state index contributed by atoms with van der Waals surface area (Å²) >= 11 is 7.72. The number of anilines is 2. The van der Waals surface area contributed by atoms with Gasteiger partial charge in [0, 0.05) is 11.4 Å². The lowest BCUT2D eigenvalue weighted by Crippen LogP contribution is -2.28. The van der Waals surface area contributed by atoms with Crippen molar-refractivity contribution < 1.29 is 9.59 Å². The normalized spacial score (nSPS) is 16.0. The summed E-state index contributed by atoms with van der Waals surface area (Å²) in [6.07, 6.45) is 0. The van der Waals surface area contributed by atoms with Gasteiger partial charge < -0.3 is 5.32 Å². The third kappa shape index (κ3) is 3.95. The summed E-state index contributed by atoms with van der Waals surface area (Å²) in [4.78, 5) is 27.0. The lowest BCUT2D eigenvalue weighted by atomic mass is 10.1. The minimum absolute atomic E-state index is 0.0914. The average Bonchev–Trinajstić information content (AvgIpc) is 3.12. The number of carbonyl (C=O) groups excluding carboxylic acids is 2. The van der Waals surface area contributed by atoms with Crippen molar-refractivity contribution in [2.45, 2.75) is 19.2 Å². The number of hydrogen-bond donors (Lipinski definition) is 1. The zero-order chi connectivity index (χ0) is 21.3. The lowest BCUT2D eigenvalue weighted by Gasteiger charge is -2.26. The van der Waals surface area contributed by atoms with Gasteiger partial charge in [-0.3, -0.25) is 14.5 Å². The van der Waals surface area contributed by atoms with Crippen LogP contribution in [0.15, 0.2) is 66.7 Å². The zero-order valence-corrected chi connectivity index (χ0v) is 18.3. The van der Waals surface area contributed by atoms with E-state index in [9.17, 15) is 9.59 Å². The van der Waals surface area contributed by atoms with Crippen molar-refractivity contribution in [2.75, 3.05) is 16.0 Å². The molecule has 0 saturated carbocycles. The van der Waals surface area contributed by atoms with Crippen LogP contribution in [0.3, 0.4) is 0 Å². The zero-order valence-electron chi connectivity index (χ0n) is 16.7. The maximum absolute atomic E-state index is 12.7. The lowest BCUT2D eigenvalue weighted by molar-refractivity contribution is -0.115. The third-order valence-electron chi connectivity index (χ3n) is 5.28. The third-order valence-corrected chi connectivity index (χ3v) is 6.82. The fourth-order valence-electron chi connectivity index (χ4n) is 3.50. The molecule has 0 aliphatic carbocycles. The highest BCUT2D eigenvalue weighted by Gasteiger charge is 2.34. The van der Waals surface area contributed by atoms with E-state index in [1.165, 1.54) is 0 Å². The van der Waals surface area contributed by atoms with Gasteiger partial charge in [-0.2, -0.15) is 0 Å². The monoisotopic (exact) mass is 436 g/mol. The van der Waals surface area contributed by atoms with Crippen LogP contribution in [0.2, 0.25) is 5.02 Å². The van der Waals surface area contributed by atoms with E-state index in [1.807, 2.05) is 48.2 Å². The number of rotatable bonds is 4. The van der Waals surface area contributed by atoms with Crippen LogP contribution in [0.1, 0.15) is 32.4 Å². The summed E-state index contributed by atoms with van der Waals surface area (Å²) < 4.78 is 0. The highest BCUT2D eigenvalue weighted by Crippen LogP contribution is 2.43. The largest absolute Gasteiger partial charge is 0.322 e. The van der Waals surface area contributed by atoms with Crippen molar-refractivity contribution in [1.29, 1.82) is 0 Å². The van der Waals surface area contributed by atoms with Crippen LogP contribution in [0.4, 0.5) is 11.4 Å². The molecular weight excluding hydrogens is 416 g/mol. The number of nitrogens with one attached hydrogen (secondary N) is 1. The van der Waals surface area contributed by atoms with Crippen molar-refractivity contribution in [3.05, 3.63) is 94.0 Å². The van der Waals surface area contributed by atoms with Gasteiger partial charge in [-0.05, 0) is 60.9 Å². The van der Waals surface area contributed by atoms with Crippen molar-refractivity contribution in [3.8, 4) is 0 Å². The minimum Gasteiger partial charge on any atom is -0.322 e. The van der Waals surface area contributed by atoms with Gasteiger partial charge in [-0.25, -0.2) is 0 Å². The van der Waals surface area contributed by atoms with E-state index in [-0.39, 0.29) is 17.2 Å². The molecule has 3 aromatic carbocycles. The van der Waals surface area contributed by atoms with Gasteiger partial charge in [-0.1, -0.05) is 48.0 Å². The number of halogens is 1. The maximum Gasteiger partial charge on any atom is 0.257 e. The minimum atomic E-state index is -0.254. The quantitative estimate of drug-likeness (QED) is 0.546. The standard InChI is InChI=1S/C24H21ClN2O2S/c1-15-6-5-9-21(16(15)2)27-22(28)14-30-24(27)17-10-12-18(13-11-17)26-23(29)19-7-3-4-8-20(19)25/h3-13,24H,14H2,1-2H3,(H,26,29)/t24-/m1/s1. The molecule has 1 N–H and O–H groups in total. The molecule has 1 aliphatic rings. The number of amides is 2. The molecule has 1 fully saturated rings. The molecule has 30 heavy (non-hydrogen) atoms. The summed E-state index contributed by atoms with van der Waals surface area (Å²) in [7, 11) is 0. The van der Waals surface area contributed by atoms with Gasteiger partial charge in [0.2, 0.25) is 5.91 Å². The molecule has 152 valence electrons. The van der Waals surface area contributed by atoms with Crippen LogP contribution >= 0.6 is 23.4 Å². The second kappa shape index (κ2) is 8.54. The van der Waals surface area contributed by atoms with Crippen LogP contribution in [-0.4, -0.2) is 17.6 Å². The first-order valence-electron chi connectivity index (χ1n) is 9.61. The molecule has 1 atom stereocenters. The summed E-state index contributed by atoms with van der Waals surface area (Å²) in [6.45, 7) is 4.10. The second-order valence-corrected chi connectivity index (χ2v) is 8.68. The molecule has 1 aliphatic heterocycles. The van der Waals surface area contributed by atoms with Gasteiger partial charge in [-0.15, -0.1) is 11.8 Å². The molecule has 4 rings (SSSR count). The van der Waals surface area contributed by atoms with Crippen LogP contribution in [0.5, 0.6) is 0 Å². The molecule has 3 aromatic rings. The van der Waals surface area contributed by atoms with Crippen molar-refractivity contribution in [3.63, 3.8) is 0 Å². The average molecular weight is 437 g/mol. The van der Waals surface area contributed by atoms with Gasteiger partial charge in [0.05, 0.1) is 16.3 Å². The van der Waals surface area contributed by atoms with E-state index < -0.39 is 0 Å². The van der Waals surface area contributed by atoms with Crippen LogP contribution in [0, 0.1) is 13.8 Å². The van der Waals surface area contributed by atoms with E-state index in [4.69, 9.17) is 11.6 Å². The van der Waals surface area contributed by atoms with E-state index in [0.717, 1.165) is 22.4 Å². The molecule has 1 heterocycles. The maximum atomic E-state index is 12.7. The molecule has 2 amide bonds. The van der Waals surface area contributed by atoms with Crippen LogP contribution in [-0.2, 0) is 4.79 Å². The molecule has 0 radical (unpaired) electrons. The van der Waals surface area contributed by atoms with Gasteiger partial charge in [0.15, 0.2) is 0 Å². The Labute approximate surface area is 185 Å². The fraction of sp³-hybridized carbons (Fsp3) is 0.167. The topological polar surface area (TPSA) is 49.4 Å². The summed E-state index contributed by atoms with van der Waals surface area (Å²) in [6, 6.07) is 20.6. The van der Waals surface area contributed by atoms with Gasteiger partial charge in [0.1, 0.15) is 5.37 Å². The molecule has 0 aromatic heterocycles. The number of benzene rings is 3. The number of aryl methyl sites for hydroxylation is 1. The Morgan fingerprint density at radius 3 is 2.50 bits per heavy atom. The Balaban J connectivity index is 1.56. The van der Waals surface area contributed by atoms with Crippen molar-refractivity contribution >= 4 is 46.6 Å². The highest BCUT2D eigenvalue weighted by molar-refractivity contribution is 8.00. The molecule has 4 nitrogen and oxygen atoms in total. The van der Waals surface area contributed by atoms with Crippen LogP contribution < -0.4 is 10.2 Å². The number of carbonyl (C=O) groups is 2. The molecule has 0 bridgehead atoms. The molecule has 1 saturated heterocycles. The van der Waals surface area contributed by atoms with E-state index in [1.54, 1.807) is 36.0 Å². The first-order chi connectivity index (χ1) is 14.5. The van der Waals surface area contributed by atoms with Gasteiger partial charge in [0.25, 0.3) is 5.91 Å². The summed E-state index contributed by atoms with van der Waals surface area (Å²) in [5.74, 6) is 0.300. The first kappa shape index (κ1) is 20.5. The number of hydrogen-bond acceptors (Lipinski definition) is 3. The molecule has 0 spiro atoms. The smallest absolute Gasteiger partial charge is 0.257 e. The van der Waals surface area contributed by atoms with E-state index in [2.05, 4.69) is 18.3 Å².